The van der Waals surface area contributed by atoms with Gasteiger partial charge in [-0.05, 0) is 37.6 Å². The Balaban J connectivity index is 1.46. The van der Waals surface area contributed by atoms with Crippen LogP contribution in [0.15, 0.2) is 36.7 Å². The molecule has 3 rings (SSSR count). The number of carbonyl (C=O) groups is 2. The van der Waals surface area contributed by atoms with Crippen LogP contribution in [0.25, 0.3) is 0 Å². The van der Waals surface area contributed by atoms with E-state index in [0.717, 1.165) is 5.56 Å². The van der Waals surface area contributed by atoms with Gasteiger partial charge in [0.1, 0.15) is 0 Å². The Morgan fingerprint density at radius 1 is 1.10 bits per heavy atom. The molecule has 0 radical (unpaired) electrons. The fraction of sp³-hybridized carbons (Fsp3) is 0.429. The van der Waals surface area contributed by atoms with Crippen LogP contribution in [0.1, 0.15) is 12.5 Å². The minimum atomic E-state index is -0.888. The van der Waals surface area contributed by atoms with Gasteiger partial charge in [0.25, 0.3) is 5.91 Å². The zero-order chi connectivity index (χ0) is 21.5. The summed E-state index contributed by atoms with van der Waals surface area (Å²) in [7, 11) is 1.53. The lowest BCUT2D eigenvalue weighted by Crippen LogP contribution is -2.52. The van der Waals surface area contributed by atoms with Crippen LogP contribution < -0.4 is 14.4 Å². The maximum Gasteiger partial charge on any atom is 0.344 e. The van der Waals surface area contributed by atoms with Crippen molar-refractivity contribution in [3.05, 3.63) is 42.2 Å². The van der Waals surface area contributed by atoms with Crippen LogP contribution in [0, 0.1) is 6.92 Å². The summed E-state index contributed by atoms with van der Waals surface area (Å²) in [6.45, 7) is 5.45. The van der Waals surface area contributed by atoms with E-state index in [2.05, 4.69) is 9.97 Å². The molecule has 30 heavy (non-hydrogen) atoms. The van der Waals surface area contributed by atoms with Gasteiger partial charge in [-0.25, -0.2) is 14.8 Å². The molecule has 1 atom stereocenters. The number of esters is 1. The van der Waals surface area contributed by atoms with Crippen molar-refractivity contribution >= 4 is 17.8 Å². The molecule has 1 aromatic carbocycles. The third kappa shape index (κ3) is 5.37. The maximum absolute atomic E-state index is 12.6. The van der Waals surface area contributed by atoms with Crippen molar-refractivity contribution in [2.75, 3.05) is 44.8 Å². The zero-order valence-corrected chi connectivity index (χ0v) is 17.4. The number of carbonyl (C=O) groups excluding carboxylic acids is 2. The molecule has 1 saturated heterocycles. The second-order valence-electron chi connectivity index (χ2n) is 6.94. The minimum Gasteiger partial charge on any atom is -0.493 e. The predicted octanol–water partition coefficient (Wildman–Crippen LogP) is 1.45. The molecule has 1 amide bonds. The van der Waals surface area contributed by atoms with Crippen molar-refractivity contribution in [1.29, 1.82) is 0 Å². The third-order valence-electron chi connectivity index (χ3n) is 4.75. The molecule has 0 bridgehead atoms. The number of methoxy groups -OCH3 is 1. The average molecular weight is 414 g/mol. The maximum atomic E-state index is 12.6. The van der Waals surface area contributed by atoms with Gasteiger partial charge in [0.05, 0.1) is 7.11 Å². The number of benzene rings is 1. The summed E-state index contributed by atoms with van der Waals surface area (Å²) in [5.41, 5.74) is 1.01. The number of nitrogens with zero attached hydrogens (tertiary/aromatic N) is 4. The van der Waals surface area contributed by atoms with E-state index in [4.69, 9.17) is 14.2 Å². The Morgan fingerprint density at radius 3 is 2.47 bits per heavy atom. The lowest BCUT2D eigenvalue weighted by Gasteiger charge is -2.35. The van der Waals surface area contributed by atoms with Crippen molar-refractivity contribution in [1.82, 2.24) is 14.9 Å². The largest absolute Gasteiger partial charge is 0.493 e. The molecule has 0 spiro atoms. The molecule has 0 saturated carbocycles. The lowest BCUT2D eigenvalue weighted by atomic mass is 10.2. The number of amides is 1. The highest BCUT2D eigenvalue weighted by molar-refractivity contribution is 5.84. The fourth-order valence-corrected chi connectivity index (χ4v) is 3.15. The summed E-state index contributed by atoms with van der Waals surface area (Å²) in [5.74, 6) is 0.776. The minimum absolute atomic E-state index is 0.232. The van der Waals surface area contributed by atoms with Gasteiger partial charge in [0, 0.05) is 38.6 Å². The summed E-state index contributed by atoms with van der Waals surface area (Å²) in [6, 6.07) is 7.16. The van der Waals surface area contributed by atoms with Crippen molar-refractivity contribution in [3.63, 3.8) is 0 Å². The van der Waals surface area contributed by atoms with Crippen molar-refractivity contribution in [2.45, 2.75) is 20.0 Å². The van der Waals surface area contributed by atoms with Crippen molar-refractivity contribution in [2.24, 2.45) is 0 Å². The number of rotatable bonds is 7. The number of piperazine rings is 1. The van der Waals surface area contributed by atoms with E-state index in [9.17, 15) is 9.59 Å². The van der Waals surface area contributed by atoms with Gasteiger partial charge in [-0.15, -0.1) is 0 Å². The summed E-state index contributed by atoms with van der Waals surface area (Å²) < 4.78 is 16.0. The standard InChI is InChI=1S/C21H26N4O5/c1-15-5-6-17(18(13-15)28-3)29-14-19(26)30-16(2)20(27)24-9-11-25(12-10-24)21-22-7-4-8-23-21/h4-8,13,16H,9-12,14H2,1-3H3. The molecule has 9 heteroatoms. The summed E-state index contributed by atoms with van der Waals surface area (Å²) >= 11 is 0. The number of hydrogen-bond acceptors (Lipinski definition) is 8. The number of ether oxygens (including phenoxy) is 3. The Kier molecular flexibility index (Phi) is 7.05. The third-order valence-corrected chi connectivity index (χ3v) is 4.75. The molecule has 2 aromatic rings. The highest BCUT2D eigenvalue weighted by atomic mass is 16.6. The number of aryl methyl sites for hydroxylation is 1. The summed E-state index contributed by atoms with van der Waals surface area (Å²) in [6.07, 6.45) is 2.49. The van der Waals surface area contributed by atoms with Crippen LogP contribution in [0.3, 0.4) is 0 Å². The zero-order valence-electron chi connectivity index (χ0n) is 17.4. The highest BCUT2D eigenvalue weighted by Gasteiger charge is 2.28. The monoisotopic (exact) mass is 414 g/mol. The number of anilines is 1. The van der Waals surface area contributed by atoms with E-state index in [1.54, 1.807) is 36.4 Å². The molecule has 0 N–H and O–H groups in total. The lowest BCUT2D eigenvalue weighted by molar-refractivity contribution is -0.160. The Bertz CT molecular complexity index is 869. The smallest absolute Gasteiger partial charge is 0.344 e. The first-order chi connectivity index (χ1) is 14.5. The molecule has 1 fully saturated rings. The van der Waals surface area contributed by atoms with E-state index in [-0.39, 0.29) is 12.5 Å². The van der Waals surface area contributed by atoms with Crippen LogP contribution in [-0.4, -0.2) is 72.7 Å². The van der Waals surface area contributed by atoms with Crippen molar-refractivity contribution < 1.29 is 23.8 Å². The van der Waals surface area contributed by atoms with Gasteiger partial charge in [0.15, 0.2) is 24.2 Å². The predicted molar refractivity (Wildman–Crippen MR) is 110 cm³/mol. The van der Waals surface area contributed by atoms with Crippen LogP contribution in [0.4, 0.5) is 5.95 Å². The molecule has 9 nitrogen and oxygen atoms in total. The first-order valence-electron chi connectivity index (χ1n) is 9.75. The summed E-state index contributed by atoms with van der Waals surface area (Å²) in [5, 5.41) is 0. The SMILES string of the molecule is COc1cc(C)ccc1OCC(=O)OC(C)C(=O)N1CCN(c2ncccn2)CC1. The second kappa shape index (κ2) is 9.91. The first-order valence-corrected chi connectivity index (χ1v) is 9.75. The first kappa shape index (κ1) is 21.4. The number of aromatic nitrogens is 2. The van der Waals surface area contributed by atoms with Crippen LogP contribution in [0.2, 0.25) is 0 Å². The van der Waals surface area contributed by atoms with E-state index >= 15 is 0 Å². The molecule has 0 aliphatic carbocycles. The van der Waals surface area contributed by atoms with Gasteiger partial charge < -0.3 is 24.0 Å². The molecule has 160 valence electrons. The second-order valence-corrected chi connectivity index (χ2v) is 6.94. The molecule has 2 heterocycles. The van der Waals surface area contributed by atoms with E-state index in [1.165, 1.54) is 7.11 Å². The normalized spacial score (nSPS) is 14.8. The molecule has 1 aliphatic heterocycles. The van der Waals surface area contributed by atoms with E-state index in [0.29, 0.717) is 43.6 Å². The quantitative estimate of drug-likeness (QED) is 0.629. The Labute approximate surface area is 175 Å². The van der Waals surface area contributed by atoms with Crippen LogP contribution in [-0.2, 0) is 14.3 Å². The van der Waals surface area contributed by atoms with Gasteiger partial charge in [-0.1, -0.05) is 6.07 Å². The number of hydrogen-bond donors (Lipinski definition) is 0. The molecular weight excluding hydrogens is 388 g/mol. The molecular formula is C21H26N4O5. The summed E-state index contributed by atoms with van der Waals surface area (Å²) in [4.78, 5) is 36.9. The van der Waals surface area contributed by atoms with Gasteiger partial charge in [-0.2, -0.15) is 0 Å². The molecule has 1 aromatic heterocycles. The van der Waals surface area contributed by atoms with E-state index < -0.39 is 12.1 Å². The Hall–Kier alpha value is -3.36. The van der Waals surface area contributed by atoms with Crippen molar-refractivity contribution in [3.8, 4) is 11.5 Å². The molecule has 1 aliphatic rings. The molecule has 1 unspecified atom stereocenters. The topological polar surface area (TPSA) is 94.1 Å². The average Bonchev–Trinajstić information content (AvgIpc) is 2.78. The van der Waals surface area contributed by atoms with Gasteiger partial charge in [0.2, 0.25) is 5.95 Å². The van der Waals surface area contributed by atoms with Gasteiger partial charge in [-0.3, -0.25) is 4.79 Å². The fourth-order valence-electron chi connectivity index (χ4n) is 3.15. The highest BCUT2D eigenvalue weighted by Crippen LogP contribution is 2.27. The van der Waals surface area contributed by atoms with Crippen LogP contribution >= 0.6 is 0 Å². The van der Waals surface area contributed by atoms with E-state index in [1.807, 2.05) is 24.0 Å². The van der Waals surface area contributed by atoms with Crippen LogP contribution in [0.5, 0.6) is 11.5 Å². The van der Waals surface area contributed by atoms with Gasteiger partial charge >= 0.3 is 5.97 Å². The Morgan fingerprint density at radius 2 is 1.80 bits per heavy atom.